The van der Waals surface area contributed by atoms with Gasteiger partial charge in [0.2, 0.25) is 65.0 Å². The number of carbonyl (C=O) groups is 16. The van der Waals surface area contributed by atoms with E-state index in [1.807, 2.05) is 6.07 Å². The number of aromatic hydroxyl groups is 2. The van der Waals surface area contributed by atoms with Crippen molar-refractivity contribution < 1.29 is 107 Å². The van der Waals surface area contributed by atoms with E-state index >= 15 is 19.2 Å². The minimum absolute atomic E-state index is 0.0324. The predicted octanol–water partition coefficient (Wildman–Crippen LogP) is 7.43. The fourth-order valence-electron chi connectivity index (χ4n) is 16.0. The van der Waals surface area contributed by atoms with Crippen LogP contribution in [0, 0.1) is 26.2 Å². The molecule has 3 aromatic heterocycles. The maximum absolute atomic E-state index is 15.2. The van der Waals surface area contributed by atoms with E-state index in [0.29, 0.717) is 55.6 Å². The summed E-state index contributed by atoms with van der Waals surface area (Å²) in [4.78, 5) is 235. The second-order valence-corrected chi connectivity index (χ2v) is 34.6. The molecule has 708 valence electrons. The van der Waals surface area contributed by atoms with Gasteiger partial charge in [0.1, 0.15) is 88.3 Å². The molecule has 11 amide bonds. The number of benzene rings is 3. The molecule has 1 aliphatic heterocycles. The summed E-state index contributed by atoms with van der Waals surface area (Å²) in [6.07, 6.45) is 11.8. The summed E-state index contributed by atoms with van der Waals surface area (Å²) in [6, 6.07) is 3.48. The molecule has 4 heterocycles. The molecule has 16 N–H and O–H groups in total. The van der Waals surface area contributed by atoms with Gasteiger partial charge in [0.25, 0.3) is 0 Å². The highest BCUT2D eigenvalue weighted by Gasteiger charge is 2.67. The van der Waals surface area contributed by atoms with E-state index in [2.05, 4.69) is 96.1 Å². The molecule has 1 saturated heterocycles. The number of pyridine rings is 1. The fraction of sp³-hybridized carbons (Fsp3) is 0.522. The first-order chi connectivity index (χ1) is 62.4. The largest absolute Gasteiger partial charge is 0.508 e. The number of hydrogen-bond acceptors (Lipinski definition) is 22. The molecule has 2 fully saturated rings. The van der Waals surface area contributed by atoms with Crippen molar-refractivity contribution in [2.24, 2.45) is 5.41 Å². The number of fused-ring (bicyclic) bond motifs is 2. The van der Waals surface area contributed by atoms with Crippen LogP contribution in [0.3, 0.4) is 0 Å². The van der Waals surface area contributed by atoms with E-state index in [9.17, 15) is 88.2 Å². The lowest BCUT2D eigenvalue weighted by Gasteiger charge is -2.28. The molecule has 6 aromatic rings. The molecule has 2 unspecified atom stereocenters. The number of phenols is 2. The predicted molar refractivity (Wildman–Crippen MR) is 482 cm³/mol. The lowest BCUT2D eigenvalue weighted by Crippen LogP contribution is -2.60. The van der Waals surface area contributed by atoms with E-state index in [4.69, 9.17) is 0 Å². The topological polar surface area (TPSA) is 575 Å². The van der Waals surface area contributed by atoms with Crippen LogP contribution in [-0.2, 0) is 91.3 Å². The summed E-state index contributed by atoms with van der Waals surface area (Å²) in [5, 5.41) is 91.0. The summed E-state index contributed by atoms with van der Waals surface area (Å²) < 4.78 is 1.80. The molecule has 0 spiro atoms. The van der Waals surface area contributed by atoms with Crippen LogP contribution in [0.15, 0.2) is 89.8 Å². The lowest BCUT2D eigenvalue weighted by molar-refractivity contribution is -0.139. The molecule has 8 rings (SSSR count). The maximum Gasteiger partial charge on any atom is 0.303 e. The van der Waals surface area contributed by atoms with Crippen LogP contribution in [0.1, 0.15) is 233 Å². The Labute approximate surface area is 766 Å². The molecule has 0 bridgehead atoms. The SMILES string of the molecule is CCCCCCCCCCCCCCCC(=O)NCCCC[C@H](NC(=O)[C@H](CCC(=O)O)NC(=O)C(Cc1ccc(O)cc1)NC(=O)[C@H](CCC(=O)O)NC(C)=O)C(=O)N[C@@H](CCC(=O)O)C(=O)N[C@@H](Cc1ccc(O)cc1)C(=O)N[C@@H](CCC(=O)O)C(=O)NC[C@]12CC1N(C(=O)Cn1nc(C(C)=O)c3cc(-c4cnc(C)nc4)cc(C)c31)[C@H](C(=O)Nc1nc(Br)ccc1C)C2. The third-order valence-corrected chi connectivity index (χ3v) is 23.7. The molecule has 1 aliphatic carbocycles. The number of amides is 11. The Balaban J connectivity index is 1.03. The Morgan fingerprint density at radius 2 is 0.924 bits per heavy atom. The molecule has 39 heteroatoms. The smallest absolute Gasteiger partial charge is 0.303 e. The average Bonchev–Trinajstić information content (AvgIpc) is 1.53. The third kappa shape index (κ3) is 32.9. The number of unbranched alkanes of at least 4 members (excludes halogenated alkanes) is 13. The van der Waals surface area contributed by atoms with Gasteiger partial charge in [-0.15, -0.1) is 0 Å². The summed E-state index contributed by atoms with van der Waals surface area (Å²) in [5.41, 5.74) is 2.67. The molecule has 2 aliphatic rings. The number of piperidine rings is 1. The number of aromatic nitrogens is 5. The zero-order chi connectivity index (χ0) is 95.6. The number of aryl methyl sites for hydroxylation is 3. The minimum Gasteiger partial charge on any atom is -0.508 e. The van der Waals surface area contributed by atoms with Crippen LogP contribution in [0.5, 0.6) is 11.5 Å². The van der Waals surface area contributed by atoms with Crippen LogP contribution < -0.4 is 53.2 Å². The molecule has 1 saturated carbocycles. The molecule has 38 nitrogen and oxygen atoms in total. The van der Waals surface area contributed by atoms with Crippen LogP contribution >= 0.6 is 15.9 Å². The number of halogens is 1. The monoisotopic (exact) mass is 1880 g/mol. The van der Waals surface area contributed by atoms with Crippen molar-refractivity contribution >= 4 is 127 Å². The average molecular weight is 1880 g/mol. The first-order valence-corrected chi connectivity index (χ1v) is 45.3. The summed E-state index contributed by atoms with van der Waals surface area (Å²) in [6.45, 7) is 9.22. The molecular formula is C92H121BrN16O22. The van der Waals surface area contributed by atoms with Crippen molar-refractivity contribution in [1.82, 2.24) is 77.5 Å². The number of hydrogen-bond donors (Lipinski definition) is 16. The number of Topliss-reactive ketones (excluding diaryl/α,β-unsaturated/α-hetero) is 1. The zero-order valence-corrected chi connectivity index (χ0v) is 76.3. The van der Waals surface area contributed by atoms with Crippen LogP contribution in [0.25, 0.3) is 22.0 Å². The summed E-state index contributed by atoms with van der Waals surface area (Å²) in [5.74, 6) is -15.7. The molecule has 0 radical (unpaired) electrons. The lowest BCUT2D eigenvalue weighted by atomic mass is 9.98. The molecule has 10 atom stereocenters. The summed E-state index contributed by atoms with van der Waals surface area (Å²) in [7, 11) is 0. The van der Waals surface area contributed by atoms with Gasteiger partial charge in [-0.3, -0.25) is 81.4 Å². The van der Waals surface area contributed by atoms with Gasteiger partial charge in [0.05, 0.1) is 5.52 Å². The number of carboxylic acid groups (broad SMARTS) is 4. The number of likely N-dealkylation sites (tertiary alicyclic amines) is 1. The fourth-order valence-corrected chi connectivity index (χ4v) is 16.4. The van der Waals surface area contributed by atoms with E-state index in [-0.39, 0.29) is 92.5 Å². The molecule has 3 aromatic carbocycles. The van der Waals surface area contributed by atoms with Gasteiger partial charge in [0.15, 0.2) is 5.78 Å². The number of nitrogens with zero attached hydrogens (tertiary/aromatic N) is 6. The number of carboxylic acids is 4. The highest BCUT2D eigenvalue weighted by molar-refractivity contribution is 9.10. The van der Waals surface area contributed by atoms with Crippen molar-refractivity contribution in [3.63, 3.8) is 0 Å². The normalized spacial score (nSPS) is 15.9. The van der Waals surface area contributed by atoms with Crippen LogP contribution in [0.2, 0.25) is 0 Å². The van der Waals surface area contributed by atoms with Crippen molar-refractivity contribution in [2.75, 3.05) is 18.4 Å². The number of ketones is 1. The quantitative estimate of drug-likeness (QED) is 0.0100. The molecule has 131 heavy (non-hydrogen) atoms. The van der Waals surface area contributed by atoms with Crippen LogP contribution in [-0.4, -0.2) is 222 Å². The first-order valence-electron chi connectivity index (χ1n) is 44.5. The second-order valence-electron chi connectivity index (χ2n) is 33.8. The minimum atomic E-state index is -1.91. The van der Waals surface area contributed by atoms with Gasteiger partial charge in [-0.25, -0.2) is 15.0 Å². The third-order valence-electron chi connectivity index (χ3n) is 23.3. The number of phenolic OH excluding ortho intramolecular Hbond substituents is 2. The van der Waals surface area contributed by atoms with Gasteiger partial charge in [0, 0.05) is 107 Å². The van der Waals surface area contributed by atoms with Crippen molar-refractivity contribution in [1.29, 1.82) is 0 Å². The van der Waals surface area contributed by atoms with Gasteiger partial charge >= 0.3 is 23.9 Å². The van der Waals surface area contributed by atoms with E-state index < -0.39 is 213 Å². The Hall–Kier alpha value is -12.8. The zero-order valence-electron chi connectivity index (χ0n) is 74.7. The molecular weight excluding hydrogens is 1760 g/mol. The van der Waals surface area contributed by atoms with Crippen molar-refractivity contribution in [3.05, 3.63) is 124 Å². The van der Waals surface area contributed by atoms with Gasteiger partial charge in [-0.05, 0) is 171 Å². The number of aliphatic carboxylic acids is 4. The number of rotatable bonds is 57. The van der Waals surface area contributed by atoms with Gasteiger partial charge in [-0.1, -0.05) is 114 Å². The van der Waals surface area contributed by atoms with Crippen molar-refractivity contribution in [3.8, 4) is 22.6 Å². The highest BCUT2D eigenvalue weighted by atomic mass is 79.9. The first kappa shape index (κ1) is 104. The number of nitrogens with one attached hydrogen (secondary N) is 10. The summed E-state index contributed by atoms with van der Waals surface area (Å²) >= 11 is 3.35. The standard InChI is InChI=1S/C92H121BrN16O22/c1-7-8-9-10-11-12-13-14-15-16-17-18-19-23-75(114)94-42-21-20-22-65(99-87(127)68(35-40-79(120)121)102-90(130)71(45-59-27-31-63(113)32-28-59)103-86(126)67(98-57(6)111)34-39-78(118)119)85(125)101-69(36-41-80(122)123)88(128)104-70(44-58-25-29-62(112)30-26-58)89(129)100-66(33-38-77(116)117)84(124)97-52-92-47-72(91(131)106-83-53(2)24-37-74(93)105-83)109(73(92)48-92)76(115)51-108-82-54(3)43-60(61-49-95-56(5)96-50-61)46-64(82)81(107-108)55(4)110/h24-32,37,43,46,49-50,65-73,112-113H,7-23,33-36,38-42,44-45,47-48,51-52H2,1-6H3,(H,94,114)(H,97,124)(H,98,111)(H,99,127)(H,100,129)(H,101,125)(H,102,130)(H,103,126)(H,104,128)(H,116,117)(H,118,119)(H,120,121)(H,122,123)(H,105,106,131)/t65-,66-,67-,68-,69-,70-,71?,72-,73?,92-/m0/s1. The van der Waals surface area contributed by atoms with Crippen molar-refractivity contribution in [2.45, 2.75) is 289 Å². The Morgan fingerprint density at radius 3 is 1.39 bits per heavy atom. The van der Waals surface area contributed by atoms with E-state index in [0.717, 1.165) is 39.0 Å². The number of anilines is 1. The van der Waals surface area contributed by atoms with E-state index in [1.165, 1.54) is 110 Å². The highest BCUT2D eigenvalue weighted by Crippen LogP contribution is 2.59. The Morgan fingerprint density at radius 1 is 0.481 bits per heavy atom. The van der Waals surface area contributed by atoms with Gasteiger partial charge < -0.3 is 88.7 Å². The second kappa shape index (κ2) is 50.9. The van der Waals surface area contributed by atoms with E-state index in [1.54, 1.807) is 51.4 Å². The van der Waals surface area contributed by atoms with Crippen LogP contribution in [0.4, 0.5) is 5.82 Å². The number of carbonyl (C=O) groups excluding carboxylic acids is 12. The Kier molecular flexibility index (Phi) is 40.3. The van der Waals surface area contributed by atoms with Gasteiger partial charge in [-0.2, -0.15) is 5.10 Å². The maximum atomic E-state index is 15.2. The Bertz CT molecular complexity index is 5050.